The number of carbonyl (C=O) groups is 1. The van der Waals surface area contributed by atoms with Crippen LogP contribution in [0.15, 0.2) is 18.5 Å². The SMILES string of the molecule is Cc1cc(NC(=O)Cc2nccn2C)n[nH]1. The van der Waals surface area contributed by atoms with Crippen LogP contribution < -0.4 is 5.32 Å². The quantitative estimate of drug-likeness (QED) is 0.795. The van der Waals surface area contributed by atoms with Gasteiger partial charge in [0.1, 0.15) is 5.82 Å². The van der Waals surface area contributed by atoms with E-state index in [1.165, 1.54) is 0 Å². The third-order valence-corrected chi connectivity index (χ3v) is 2.21. The van der Waals surface area contributed by atoms with Crippen molar-refractivity contribution >= 4 is 11.7 Å². The molecule has 0 saturated heterocycles. The zero-order valence-electron chi connectivity index (χ0n) is 9.19. The Kier molecular flexibility index (Phi) is 2.72. The van der Waals surface area contributed by atoms with Crippen LogP contribution in [0.5, 0.6) is 0 Å². The van der Waals surface area contributed by atoms with Gasteiger partial charge < -0.3 is 9.88 Å². The largest absolute Gasteiger partial charge is 0.338 e. The summed E-state index contributed by atoms with van der Waals surface area (Å²) in [6.07, 6.45) is 3.72. The molecule has 2 aromatic rings. The number of nitrogens with one attached hydrogen (secondary N) is 2. The molecule has 6 heteroatoms. The second-order valence-corrected chi connectivity index (χ2v) is 3.62. The number of H-pyrrole nitrogens is 1. The smallest absolute Gasteiger partial charge is 0.233 e. The molecule has 0 aromatic carbocycles. The second-order valence-electron chi connectivity index (χ2n) is 3.62. The van der Waals surface area contributed by atoms with Crippen molar-refractivity contribution in [3.63, 3.8) is 0 Å². The van der Waals surface area contributed by atoms with Gasteiger partial charge in [-0.05, 0) is 6.92 Å². The van der Waals surface area contributed by atoms with Gasteiger partial charge in [0.25, 0.3) is 0 Å². The maximum atomic E-state index is 11.6. The molecule has 0 atom stereocenters. The lowest BCUT2D eigenvalue weighted by Crippen LogP contribution is -2.16. The number of aromatic amines is 1. The Bertz CT molecular complexity index is 499. The predicted octanol–water partition coefficient (Wildman–Crippen LogP) is 0.633. The van der Waals surface area contributed by atoms with Crippen LogP contribution >= 0.6 is 0 Å². The van der Waals surface area contributed by atoms with Crippen molar-refractivity contribution in [2.24, 2.45) is 7.05 Å². The summed E-state index contributed by atoms with van der Waals surface area (Å²) in [5, 5.41) is 9.38. The van der Waals surface area contributed by atoms with E-state index < -0.39 is 0 Å². The summed E-state index contributed by atoms with van der Waals surface area (Å²) in [6, 6.07) is 1.77. The number of hydrogen-bond donors (Lipinski definition) is 2. The molecule has 0 unspecified atom stereocenters. The molecule has 0 aliphatic rings. The number of hydrogen-bond acceptors (Lipinski definition) is 3. The molecule has 2 N–H and O–H groups in total. The van der Waals surface area contributed by atoms with Crippen molar-refractivity contribution in [2.45, 2.75) is 13.3 Å². The molecule has 16 heavy (non-hydrogen) atoms. The minimum atomic E-state index is -0.124. The highest BCUT2D eigenvalue weighted by Crippen LogP contribution is 2.04. The number of anilines is 1. The molecule has 0 fully saturated rings. The van der Waals surface area contributed by atoms with Crippen LogP contribution in [0.25, 0.3) is 0 Å². The van der Waals surface area contributed by atoms with E-state index in [4.69, 9.17) is 0 Å². The van der Waals surface area contributed by atoms with Crippen LogP contribution in [0, 0.1) is 6.92 Å². The molecule has 0 spiro atoms. The summed E-state index contributed by atoms with van der Waals surface area (Å²) in [4.78, 5) is 15.7. The van der Waals surface area contributed by atoms with Gasteiger partial charge in [-0.25, -0.2) is 4.98 Å². The summed E-state index contributed by atoms with van der Waals surface area (Å²) >= 11 is 0. The molecule has 0 saturated carbocycles. The van der Waals surface area contributed by atoms with Crippen molar-refractivity contribution in [1.29, 1.82) is 0 Å². The molecule has 0 aliphatic carbocycles. The van der Waals surface area contributed by atoms with E-state index in [9.17, 15) is 4.79 Å². The Morgan fingerprint density at radius 1 is 1.62 bits per heavy atom. The van der Waals surface area contributed by atoms with Gasteiger partial charge in [0.15, 0.2) is 5.82 Å². The first-order chi connectivity index (χ1) is 7.65. The first kappa shape index (κ1) is 10.4. The molecule has 6 nitrogen and oxygen atoms in total. The van der Waals surface area contributed by atoms with Gasteiger partial charge in [0.2, 0.25) is 5.91 Å². The Morgan fingerprint density at radius 3 is 3.00 bits per heavy atom. The van der Waals surface area contributed by atoms with E-state index in [-0.39, 0.29) is 12.3 Å². The number of amides is 1. The highest BCUT2D eigenvalue weighted by atomic mass is 16.1. The molecule has 0 bridgehead atoms. The van der Waals surface area contributed by atoms with E-state index in [1.807, 2.05) is 18.5 Å². The molecule has 84 valence electrons. The van der Waals surface area contributed by atoms with Gasteiger partial charge in [-0.15, -0.1) is 0 Å². The highest BCUT2D eigenvalue weighted by molar-refractivity contribution is 5.90. The van der Waals surface area contributed by atoms with Crippen molar-refractivity contribution in [3.8, 4) is 0 Å². The lowest BCUT2D eigenvalue weighted by molar-refractivity contribution is -0.115. The van der Waals surface area contributed by atoms with Crippen molar-refractivity contribution in [1.82, 2.24) is 19.7 Å². The molecule has 2 rings (SSSR count). The molecule has 0 aliphatic heterocycles. The summed E-state index contributed by atoms with van der Waals surface area (Å²) in [6.45, 7) is 1.88. The van der Waals surface area contributed by atoms with Crippen LogP contribution in [0.1, 0.15) is 11.5 Å². The fourth-order valence-electron chi connectivity index (χ4n) is 1.38. The first-order valence-corrected chi connectivity index (χ1v) is 4.93. The van der Waals surface area contributed by atoms with Gasteiger partial charge in [-0.3, -0.25) is 9.89 Å². The average Bonchev–Trinajstić information content (AvgIpc) is 2.77. The molecule has 0 radical (unpaired) electrons. The van der Waals surface area contributed by atoms with Gasteiger partial charge in [0.05, 0.1) is 6.42 Å². The third-order valence-electron chi connectivity index (χ3n) is 2.21. The highest BCUT2D eigenvalue weighted by Gasteiger charge is 2.08. The van der Waals surface area contributed by atoms with E-state index in [0.29, 0.717) is 5.82 Å². The normalized spacial score (nSPS) is 10.4. The number of carbonyl (C=O) groups excluding carboxylic acids is 1. The summed E-state index contributed by atoms with van der Waals surface area (Å²) in [5.41, 5.74) is 0.910. The van der Waals surface area contributed by atoms with E-state index in [0.717, 1.165) is 11.5 Å². The molecule has 1 amide bonds. The summed E-state index contributed by atoms with van der Waals surface area (Å²) in [5.74, 6) is 1.14. The Labute approximate surface area is 92.7 Å². The number of aryl methyl sites for hydroxylation is 2. The first-order valence-electron chi connectivity index (χ1n) is 4.93. The Morgan fingerprint density at radius 2 is 2.44 bits per heavy atom. The van der Waals surface area contributed by atoms with E-state index >= 15 is 0 Å². The lowest BCUT2D eigenvalue weighted by atomic mass is 10.3. The van der Waals surface area contributed by atoms with Crippen LogP contribution in [0.3, 0.4) is 0 Å². The van der Waals surface area contributed by atoms with Crippen LogP contribution in [0.2, 0.25) is 0 Å². The molecule has 2 heterocycles. The Balaban J connectivity index is 1.97. The van der Waals surface area contributed by atoms with Crippen molar-refractivity contribution < 1.29 is 4.79 Å². The monoisotopic (exact) mass is 219 g/mol. The lowest BCUT2D eigenvalue weighted by Gasteiger charge is -2.01. The minimum Gasteiger partial charge on any atom is -0.338 e. The molecule has 2 aromatic heterocycles. The maximum Gasteiger partial charge on any atom is 0.233 e. The number of imidazole rings is 1. The fraction of sp³-hybridized carbons (Fsp3) is 0.300. The van der Waals surface area contributed by atoms with Crippen molar-refractivity contribution in [3.05, 3.63) is 30.0 Å². The summed E-state index contributed by atoms with van der Waals surface area (Å²) < 4.78 is 1.81. The molecular weight excluding hydrogens is 206 g/mol. The number of rotatable bonds is 3. The fourth-order valence-corrected chi connectivity index (χ4v) is 1.38. The zero-order valence-corrected chi connectivity index (χ0v) is 9.19. The van der Waals surface area contributed by atoms with Crippen LogP contribution in [-0.4, -0.2) is 25.7 Å². The standard InChI is InChI=1S/C10H13N5O/c1-7-5-8(14-13-7)12-10(16)6-9-11-3-4-15(9)2/h3-5H,6H2,1-2H3,(H2,12,13,14,16). The topological polar surface area (TPSA) is 75.6 Å². The third kappa shape index (κ3) is 2.28. The summed E-state index contributed by atoms with van der Waals surface area (Å²) in [7, 11) is 1.86. The average molecular weight is 219 g/mol. The molecular formula is C10H13N5O. The van der Waals surface area contributed by atoms with Gasteiger partial charge in [0, 0.05) is 31.2 Å². The van der Waals surface area contributed by atoms with Crippen molar-refractivity contribution in [2.75, 3.05) is 5.32 Å². The maximum absolute atomic E-state index is 11.6. The number of nitrogens with zero attached hydrogens (tertiary/aromatic N) is 3. The van der Waals surface area contributed by atoms with Gasteiger partial charge in [-0.1, -0.05) is 0 Å². The van der Waals surface area contributed by atoms with Crippen LogP contribution in [0.4, 0.5) is 5.82 Å². The van der Waals surface area contributed by atoms with E-state index in [2.05, 4.69) is 20.5 Å². The van der Waals surface area contributed by atoms with E-state index in [1.54, 1.807) is 18.5 Å². The minimum absolute atomic E-state index is 0.124. The predicted molar refractivity (Wildman–Crippen MR) is 58.9 cm³/mol. The second kappa shape index (κ2) is 4.18. The zero-order chi connectivity index (χ0) is 11.5. The van der Waals surface area contributed by atoms with Gasteiger partial charge in [-0.2, -0.15) is 5.10 Å². The van der Waals surface area contributed by atoms with Gasteiger partial charge >= 0.3 is 0 Å². The Hall–Kier alpha value is -2.11. The number of aromatic nitrogens is 4. The van der Waals surface area contributed by atoms with Crippen LogP contribution in [-0.2, 0) is 18.3 Å².